The molecule has 0 N–H and O–H groups in total. The van der Waals surface area contributed by atoms with Crippen LogP contribution in [0.15, 0.2) is 121 Å². The van der Waals surface area contributed by atoms with Gasteiger partial charge >= 0.3 is 12.4 Å². The SMILES string of the molecule is FC(F)(F)c1cccc(OCCO/N=C(\COc2ccc(Cc3ncc(C(F)(F)F)cc3Cl)cc2)c2ccc(-c3ccccc3)cc2)c1. The first-order valence-electron chi connectivity index (χ1n) is 14.5. The molecule has 0 atom stereocenters. The van der Waals surface area contributed by atoms with Crippen LogP contribution in [0.3, 0.4) is 0 Å². The Bertz CT molecular complexity index is 1830. The third-order valence-corrected chi connectivity index (χ3v) is 7.35. The molecule has 5 nitrogen and oxygen atoms in total. The van der Waals surface area contributed by atoms with Gasteiger partial charge in [-0.2, -0.15) is 26.3 Å². The van der Waals surface area contributed by atoms with Crippen LogP contribution in [0.1, 0.15) is 27.9 Å². The highest BCUT2D eigenvalue weighted by Gasteiger charge is 2.32. The molecule has 0 fully saturated rings. The van der Waals surface area contributed by atoms with Gasteiger partial charge < -0.3 is 14.3 Å². The lowest BCUT2D eigenvalue weighted by molar-refractivity contribution is -0.138. The van der Waals surface area contributed by atoms with Crippen molar-refractivity contribution in [1.29, 1.82) is 0 Å². The summed E-state index contributed by atoms with van der Waals surface area (Å²) in [7, 11) is 0. The molecule has 0 aliphatic carbocycles. The molecule has 5 aromatic rings. The van der Waals surface area contributed by atoms with Crippen LogP contribution in [0.2, 0.25) is 5.02 Å². The summed E-state index contributed by atoms with van der Waals surface area (Å²) >= 11 is 6.06. The van der Waals surface area contributed by atoms with Crippen LogP contribution in [0.25, 0.3) is 11.1 Å². The summed E-state index contributed by atoms with van der Waals surface area (Å²) in [5, 5.41) is 4.16. The quantitative estimate of drug-likeness (QED) is 0.0568. The topological polar surface area (TPSA) is 52.9 Å². The van der Waals surface area contributed by atoms with Gasteiger partial charge in [-0.15, -0.1) is 0 Å². The number of rotatable bonds is 12. The minimum Gasteiger partial charge on any atom is -0.490 e. The zero-order chi connectivity index (χ0) is 34.1. The second-order valence-corrected chi connectivity index (χ2v) is 10.9. The van der Waals surface area contributed by atoms with Gasteiger partial charge in [0.15, 0.2) is 6.61 Å². The summed E-state index contributed by atoms with van der Waals surface area (Å²) in [6, 6.07) is 29.7. The molecule has 4 aromatic carbocycles. The fourth-order valence-corrected chi connectivity index (χ4v) is 4.76. The second kappa shape index (κ2) is 15.2. The van der Waals surface area contributed by atoms with Gasteiger partial charge in [0, 0.05) is 18.2 Å². The fourth-order valence-electron chi connectivity index (χ4n) is 4.53. The zero-order valence-corrected chi connectivity index (χ0v) is 25.8. The summed E-state index contributed by atoms with van der Waals surface area (Å²) in [4.78, 5) is 9.36. The molecule has 0 radical (unpaired) electrons. The molecular formula is C36H27ClF6N2O3. The summed E-state index contributed by atoms with van der Waals surface area (Å²) < 4.78 is 89.2. The maximum absolute atomic E-state index is 13.0. The van der Waals surface area contributed by atoms with E-state index in [-0.39, 0.29) is 37.0 Å². The van der Waals surface area contributed by atoms with Crippen molar-refractivity contribution in [2.75, 3.05) is 19.8 Å². The van der Waals surface area contributed by atoms with E-state index in [2.05, 4.69) is 10.1 Å². The van der Waals surface area contributed by atoms with E-state index in [1.165, 1.54) is 12.1 Å². The molecule has 0 aliphatic heterocycles. The van der Waals surface area contributed by atoms with Crippen LogP contribution in [-0.2, 0) is 23.6 Å². The molecule has 0 bridgehead atoms. The third-order valence-electron chi connectivity index (χ3n) is 7.02. The summed E-state index contributed by atoms with van der Waals surface area (Å²) in [5.41, 5.74) is 2.52. The zero-order valence-electron chi connectivity index (χ0n) is 25.1. The lowest BCUT2D eigenvalue weighted by Crippen LogP contribution is -2.15. The minimum absolute atomic E-state index is 0.00477. The number of ether oxygens (including phenoxy) is 2. The van der Waals surface area contributed by atoms with Crippen molar-refractivity contribution in [3.8, 4) is 22.6 Å². The highest BCUT2D eigenvalue weighted by Crippen LogP contribution is 2.32. The number of alkyl halides is 6. The van der Waals surface area contributed by atoms with Crippen LogP contribution in [0.4, 0.5) is 26.3 Å². The molecule has 0 saturated heterocycles. The highest BCUT2D eigenvalue weighted by molar-refractivity contribution is 6.31. The van der Waals surface area contributed by atoms with E-state index in [0.29, 0.717) is 22.7 Å². The van der Waals surface area contributed by atoms with Crippen molar-refractivity contribution in [1.82, 2.24) is 4.98 Å². The van der Waals surface area contributed by atoms with Crippen LogP contribution in [-0.4, -0.2) is 30.5 Å². The monoisotopic (exact) mass is 684 g/mol. The third kappa shape index (κ3) is 9.51. The van der Waals surface area contributed by atoms with E-state index in [1.54, 1.807) is 24.3 Å². The second-order valence-electron chi connectivity index (χ2n) is 10.4. The van der Waals surface area contributed by atoms with E-state index >= 15 is 0 Å². The molecule has 5 rings (SSSR count). The number of oxime groups is 1. The van der Waals surface area contributed by atoms with Gasteiger partial charge in [-0.1, -0.05) is 89.6 Å². The van der Waals surface area contributed by atoms with Crippen molar-refractivity contribution < 1.29 is 40.7 Å². The number of nitrogens with zero attached hydrogens (tertiary/aromatic N) is 2. The van der Waals surface area contributed by atoms with E-state index in [0.717, 1.165) is 41.1 Å². The smallest absolute Gasteiger partial charge is 0.417 e. The maximum Gasteiger partial charge on any atom is 0.417 e. The molecule has 0 saturated carbocycles. The number of halogens is 7. The molecule has 248 valence electrons. The molecule has 0 unspecified atom stereocenters. The number of aromatic nitrogens is 1. The van der Waals surface area contributed by atoms with E-state index in [4.69, 9.17) is 25.9 Å². The average molecular weight is 685 g/mol. The predicted molar refractivity (Wildman–Crippen MR) is 170 cm³/mol. The minimum atomic E-state index is -4.54. The Morgan fingerprint density at radius 1 is 0.667 bits per heavy atom. The van der Waals surface area contributed by atoms with E-state index in [9.17, 15) is 26.3 Å². The Morgan fingerprint density at radius 2 is 1.35 bits per heavy atom. The van der Waals surface area contributed by atoms with Crippen LogP contribution in [0, 0.1) is 0 Å². The first kappa shape index (κ1) is 34.3. The molecular weight excluding hydrogens is 658 g/mol. The van der Waals surface area contributed by atoms with Crippen molar-refractivity contribution >= 4 is 17.3 Å². The number of pyridine rings is 1. The molecule has 12 heteroatoms. The van der Waals surface area contributed by atoms with E-state index in [1.807, 2.05) is 54.6 Å². The van der Waals surface area contributed by atoms with Crippen LogP contribution in [0.5, 0.6) is 11.5 Å². The van der Waals surface area contributed by atoms with Crippen molar-refractivity contribution in [3.63, 3.8) is 0 Å². The molecule has 48 heavy (non-hydrogen) atoms. The average Bonchev–Trinajstić information content (AvgIpc) is 3.07. The summed E-state index contributed by atoms with van der Waals surface area (Å²) in [5.74, 6) is 0.545. The molecule has 0 amide bonds. The Morgan fingerprint density at radius 3 is 2.02 bits per heavy atom. The van der Waals surface area contributed by atoms with Gasteiger partial charge in [0.1, 0.15) is 30.4 Å². The number of benzene rings is 4. The Balaban J connectivity index is 1.24. The first-order chi connectivity index (χ1) is 23.0. The Hall–Kier alpha value is -5.03. The van der Waals surface area contributed by atoms with Gasteiger partial charge in [-0.05, 0) is 53.1 Å². The van der Waals surface area contributed by atoms with Gasteiger partial charge in [-0.3, -0.25) is 4.98 Å². The van der Waals surface area contributed by atoms with Gasteiger partial charge in [0.2, 0.25) is 0 Å². The molecule has 1 heterocycles. The van der Waals surface area contributed by atoms with Crippen molar-refractivity contribution in [2.24, 2.45) is 5.16 Å². The molecule has 0 spiro atoms. The van der Waals surface area contributed by atoms with Crippen molar-refractivity contribution in [3.05, 3.63) is 148 Å². The van der Waals surface area contributed by atoms with Gasteiger partial charge in [-0.25, -0.2) is 0 Å². The van der Waals surface area contributed by atoms with Crippen LogP contribution < -0.4 is 9.47 Å². The lowest BCUT2D eigenvalue weighted by Gasteiger charge is -2.12. The molecule has 1 aromatic heterocycles. The fraction of sp³-hybridized carbons (Fsp3) is 0.167. The normalized spacial score (nSPS) is 12.1. The molecule has 0 aliphatic rings. The highest BCUT2D eigenvalue weighted by atomic mass is 35.5. The van der Waals surface area contributed by atoms with Gasteiger partial charge in [0.25, 0.3) is 0 Å². The lowest BCUT2D eigenvalue weighted by atomic mass is 10.0. The predicted octanol–water partition coefficient (Wildman–Crippen LogP) is 9.91. The van der Waals surface area contributed by atoms with E-state index < -0.39 is 23.5 Å². The summed E-state index contributed by atoms with van der Waals surface area (Å²) in [6.07, 6.45) is -8.05. The van der Waals surface area contributed by atoms with Gasteiger partial charge in [0.05, 0.1) is 21.8 Å². The first-order valence-corrected chi connectivity index (χ1v) is 14.9. The summed E-state index contributed by atoms with van der Waals surface area (Å²) in [6.45, 7) is -0.0902. The maximum atomic E-state index is 13.0. The standard InChI is InChI=1S/C36H27ClF6N2O3/c37-32-21-29(36(41,42)43)22-44-33(32)19-24-9-15-30(16-10-24)47-23-34(27-13-11-26(12-14-27)25-5-2-1-3-6-25)45-48-18-17-46-31-8-4-7-28(20-31)35(38,39)40/h1-16,20-22H,17-19,23H2/b45-34+. The number of hydrogen-bond acceptors (Lipinski definition) is 5. The van der Waals surface area contributed by atoms with Crippen LogP contribution >= 0.6 is 11.6 Å². The largest absolute Gasteiger partial charge is 0.490 e. The number of hydrogen-bond donors (Lipinski definition) is 0. The van der Waals surface area contributed by atoms with Crippen molar-refractivity contribution in [2.45, 2.75) is 18.8 Å². The Kier molecular flexibility index (Phi) is 10.9. The Labute approximate surface area is 277 Å².